The van der Waals surface area contributed by atoms with Gasteiger partial charge < -0.3 is 5.32 Å². The Morgan fingerprint density at radius 3 is 2.35 bits per heavy atom. The smallest absolute Gasteiger partial charge is 0.224 e. The van der Waals surface area contributed by atoms with E-state index in [1.807, 2.05) is 18.2 Å². The van der Waals surface area contributed by atoms with Gasteiger partial charge in [0.1, 0.15) is 5.82 Å². The Kier molecular flexibility index (Phi) is 5.42. The molecule has 0 bridgehead atoms. The van der Waals surface area contributed by atoms with Crippen molar-refractivity contribution in [3.63, 3.8) is 0 Å². The van der Waals surface area contributed by atoms with E-state index < -0.39 is 0 Å². The Hall–Kier alpha value is -1.87. The average molecular weight is 334 g/mol. The Bertz CT molecular complexity index is 690. The normalized spacial score (nSPS) is 11.3. The van der Waals surface area contributed by atoms with Crippen molar-refractivity contribution >= 4 is 17.5 Å². The predicted molar refractivity (Wildman–Crippen MR) is 92.1 cm³/mol. The summed E-state index contributed by atoms with van der Waals surface area (Å²) >= 11 is 6.30. The van der Waals surface area contributed by atoms with E-state index >= 15 is 0 Å². The summed E-state index contributed by atoms with van der Waals surface area (Å²) in [6, 6.07) is 11.9. The molecule has 1 N–H and O–H groups in total. The van der Waals surface area contributed by atoms with Gasteiger partial charge in [0, 0.05) is 11.6 Å². The van der Waals surface area contributed by atoms with Crippen LogP contribution in [0.5, 0.6) is 0 Å². The number of halogens is 2. The molecule has 122 valence electrons. The molecule has 0 aromatic heterocycles. The van der Waals surface area contributed by atoms with Gasteiger partial charge in [0.2, 0.25) is 5.91 Å². The van der Waals surface area contributed by atoms with Gasteiger partial charge in [0.05, 0.1) is 6.42 Å². The van der Waals surface area contributed by atoms with E-state index in [1.54, 1.807) is 12.1 Å². The van der Waals surface area contributed by atoms with Crippen molar-refractivity contribution in [2.45, 2.75) is 39.2 Å². The summed E-state index contributed by atoms with van der Waals surface area (Å²) in [5.74, 6) is -0.424. The standard InChI is InChI=1S/C19H21ClFNO/c1-19(2,3)15-7-6-14(17(20)11-15)12-22-18(23)10-13-4-8-16(21)9-5-13/h4-9,11H,10,12H2,1-3H3,(H,22,23). The van der Waals surface area contributed by atoms with E-state index in [-0.39, 0.29) is 23.6 Å². The summed E-state index contributed by atoms with van der Waals surface area (Å²) < 4.78 is 12.8. The highest BCUT2D eigenvalue weighted by atomic mass is 35.5. The lowest BCUT2D eigenvalue weighted by molar-refractivity contribution is -0.120. The summed E-state index contributed by atoms with van der Waals surface area (Å²) in [5.41, 5.74) is 2.85. The van der Waals surface area contributed by atoms with Crippen LogP contribution >= 0.6 is 11.6 Å². The molecule has 23 heavy (non-hydrogen) atoms. The second-order valence-electron chi connectivity index (χ2n) is 6.64. The first-order valence-corrected chi connectivity index (χ1v) is 7.93. The first-order chi connectivity index (χ1) is 10.8. The summed E-state index contributed by atoms with van der Waals surface area (Å²) in [7, 11) is 0. The average Bonchev–Trinajstić information content (AvgIpc) is 2.47. The van der Waals surface area contributed by atoms with Crippen LogP contribution in [0.25, 0.3) is 0 Å². The van der Waals surface area contributed by atoms with Gasteiger partial charge in [-0.2, -0.15) is 0 Å². The SMILES string of the molecule is CC(C)(C)c1ccc(CNC(=O)Cc2ccc(F)cc2)c(Cl)c1. The number of carbonyl (C=O) groups excluding carboxylic acids is 1. The highest BCUT2D eigenvalue weighted by molar-refractivity contribution is 6.31. The maximum Gasteiger partial charge on any atom is 0.224 e. The molecule has 0 radical (unpaired) electrons. The topological polar surface area (TPSA) is 29.1 Å². The molecular formula is C19H21ClFNO. The lowest BCUT2D eigenvalue weighted by Gasteiger charge is -2.20. The Balaban J connectivity index is 1.95. The van der Waals surface area contributed by atoms with Crippen molar-refractivity contribution in [3.05, 3.63) is 70.0 Å². The minimum absolute atomic E-state index is 0.0357. The van der Waals surface area contributed by atoms with E-state index in [0.29, 0.717) is 11.6 Å². The molecule has 0 spiro atoms. The molecule has 0 aliphatic heterocycles. The zero-order chi connectivity index (χ0) is 17.0. The van der Waals surface area contributed by atoms with Crippen LogP contribution in [-0.4, -0.2) is 5.91 Å². The highest BCUT2D eigenvalue weighted by Gasteiger charge is 2.15. The van der Waals surface area contributed by atoms with Gasteiger partial charge in [0.15, 0.2) is 0 Å². The van der Waals surface area contributed by atoms with Crippen molar-refractivity contribution in [2.24, 2.45) is 0 Å². The van der Waals surface area contributed by atoms with Crippen molar-refractivity contribution in [1.82, 2.24) is 5.32 Å². The lowest BCUT2D eigenvalue weighted by atomic mass is 9.86. The monoisotopic (exact) mass is 333 g/mol. The van der Waals surface area contributed by atoms with Gasteiger partial charge >= 0.3 is 0 Å². The van der Waals surface area contributed by atoms with Crippen LogP contribution < -0.4 is 5.32 Å². The Labute approximate surface area is 141 Å². The third kappa shape index (κ3) is 5.07. The van der Waals surface area contributed by atoms with E-state index in [2.05, 4.69) is 26.1 Å². The molecule has 2 rings (SSSR count). The predicted octanol–water partition coefficient (Wildman–Crippen LogP) is 4.64. The molecule has 2 aromatic carbocycles. The van der Waals surface area contributed by atoms with Crippen LogP contribution in [0.1, 0.15) is 37.5 Å². The van der Waals surface area contributed by atoms with E-state index in [9.17, 15) is 9.18 Å². The van der Waals surface area contributed by atoms with Crippen molar-refractivity contribution in [1.29, 1.82) is 0 Å². The number of hydrogen-bond donors (Lipinski definition) is 1. The van der Waals surface area contributed by atoms with Crippen LogP contribution in [0.4, 0.5) is 4.39 Å². The minimum atomic E-state index is -0.306. The van der Waals surface area contributed by atoms with E-state index in [1.165, 1.54) is 12.1 Å². The zero-order valence-electron chi connectivity index (χ0n) is 13.6. The minimum Gasteiger partial charge on any atom is -0.352 e. The lowest BCUT2D eigenvalue weighted by Crippen LogP contribution is -2.24. The number of hydrogen-bond acceptors (Lipinski definition) is 1. The maximum absolute atomic E-state index is 12.8. The maximum atomic E-state index is 12.8. The molecule has 0 saturated heterocycles. The molecule has 0 saturated carbocycles. The van der Waals surface area contributed by atoms with Gasteiger partial charge in [-0.1, -0.05) is 56.6 Å². The van der Waals surface area contributed by atoms with Gasteiger partial charge in [-0.15, -0.1) is 0 Å². The van der Waals surface area contributed by atoms with Crippen molar-refractivity contribution in [2.75, 3.05) is 0 Å². The third-order valence-electron chi connectivity index (χ3n) is 3.67. The second kappa shape index (κ2) is 7.14. The number of rotatable bonds is 4. The van der Waals surface area contributed by atoms with Gasteiger partial charge in [0.25, 0.3) is 0 Å². The van der Waals surface area contributed by atoms with Gasteiger partial charge in [-0.3, -0.25) is 4.79 Å². The summed E-state index contributed by atoms with van der Waals surface area (Å²) in [6.07, 6.45) is 0.220. The van der Waals surface area contributed by atoms with E-state index in [0.717, 1.165) is 16.7 Å². The van der Waals surface area contributed by atoms with Gasteiger partial charge in [-0.25, -0.2) is 4.39 Å². The molecular weight excluding hydrogens is 313 g/mol. The van der Waals surface area contributed by atoms with Gasteiger partial charge in [-0.05, 0) is 40.3 Å². The molecule has 0 aliphatic rings. The summed E-state index contributed by atoms with van der Waals surface area (Å²) in [4.78, 5) is 12.0. The second-order valence-corrected chi connectivity index (χ2v) is 7.04. The molecule has 2 aromatic rings. The summed E-state index contributed by atoms with van der Waals surface area (Å²) in [5, 5.41) is 3.50. The van der Waals surface area contributed by atoms with Crippen LogP contribution in [-0.2, 0) is 23.2 Å². The van der Waals surface area contributed by atoms with Crippen LogP contribution in [0.2, 0.25) is 5.02 Å². The molecule has 0 heterocycles. The summed E-state index contributed by atoms with van der Waals surface area (Å²) in [6.45, 7) is 6.76. The van der Waals surface area contributed by atoms with Crippen LogP contribution in [0.15, 0.2) is 42.5 Å². The largest absolute Gasteiger partial charge is 0.352 e. The van der Waals surface area contributed by atoms with Crippen LogP contribution in [0, 0.1) is 5.82 Å². The first kappa shape index (κ1) is 17.5. The Morgan fingerprint density at radius 2 is 1.78 bits per heavy atom. The van der Waals surface area contributed by atoms with Crippen molar-refractivity contribution < 1.29 is 9.18 Å². The first-order valence-electron chi connectivity index (χ1n) is 7.56. The van der Waals surface area contributed by atoms with Crippen LogP contribution in [0.3, 0.4) is 0 Å². The molecule has 0 fully saturated rings. The fourth-order valence-corrected chi connectivity index (χ4v) is 2.45. The molecule has 4 heteroatoms. The number of carbonyl (C=O) groups is 1. The third-order valence-corrected chi connectivity index (χ3v) is 4.02. The fraction of sp³-hybridized carbons (Fsp3) is 0.316. The molecule has 0 unspecified atom stereocenters. The van der Waals surface area contributed by atoms with E-state index in [4.69, 9.17) is 11.6 Å². The molecule has 0 atom stereocenters. The molecule has 1 amide bonds. The number of amides is 1. The zero-order valence-corrected chi connectivity index (χ0v) is 14.4. The quantitative estimate of drug-likeness (QED) is 0.868. The number of benzene rings is 2. The van der Waals surface area contributed by atoms with Crippen molar-refractivity contribution in [3.8, 4) is 0 Å². The molecule has 0 aliphatic carbocycles. The Morgan fingerprint density at radius 1 is 1.13 bits per heavy atom. The highest BCUT2D eigenvalue weighted by Crippen LogP contribution is 2.27. The number of nitrogens with one attached hydrogen (secondary N) is 1. The molecule has 2 nitrogen and oxygen atoms in total. The fourth-order valence-electron chi connectivity index (χ4n) is 2.20.